The number of benzene rings is 2. The molecule has 15 heavy (non-hydrogen) atoms. The van der Waals surface area contributed by atoms with Crippen LogP contribution in [0.5, 0.6) is 0 Å². The van der Waals surface area contributed by atoms with Crippen LogP contribution in [0, 0.1) is 0 Å². The maximum Gasteiger partial charge on any atom is 0.208 e. The fourth-order valence-corrected chi connectivity index (χ4v) is 2.73. The highest BCUT2D eigenvalue weighted by Gasteiger charge is 2.36. The number of nitrogens with zero attached hydrogens (tertiary/aromatic N) is 2. The van der Waals surface area contributed by atoms with Gasteiger partial charge in [0.05, 0.1) is 11.1 Å². The van der Waals surface area contributed by atoms with E-state index < -0.39 is 0 Å². The second-order valence-corrected chi connectivity index (χ2v) is 4.11. The molecule has 1 aliphatic heterocycles. The molecule has 0 radical (unpaired) electrons. The first-order valence-corrected chi connectivity index (χ1v) is 5.09. The minimum absolute atomic E-state index is 0.924. The molecule has 0 saturated heterocycles. The summed E-state index contributed by atoms with van der Waals surface area (Å²) in [7, 11) is 0. The second-order valence-electron chi connectivity index (χ2n) is 4.11. The lowest BCUT2D eigenvalue weighted by atomic mass is 10.1. The summed E-state index contributed by atoms with van der Waals surface area (Å²) in [5.74, 6) is 0. The van der Waals surface area contributed by atoms with Gasteiger partial charge in [-0.05, 0) is 17.5 Å². The van der Waals surface area contributed by atoms with Crippen LogP contribution in [0.15, 0.2) is 36.4 Å². The van der Waals surface area contributed by atoms with Crippen LogP contribution in [0.2, 0.25) is 0 Å². The first-order valence-electron chi connectivity index (χ1n) is 5.09. The minimum atomic E-state index is 0.924. The average molecular weight is 192 g/mol. The van der Waals surface area contributed by atoms with Crippen molar-refractivity contribution in [2.24, 2.45) is 0 Å². The Labute approximate surface area is 87.3 Å². The van der Waals surface area contributed by atoms with E-state index in [1.165, 1.54) is 27.0 Å². The lowest BCUT2D eigenvalue weighted by Gasteiger charge is -2.03. The molecule has 0 atom stereocenters. The van der Waals surface area contributed by atoms with Gasteiger partial charge in [0.25, 0.3) is 0 Å². The SMILES string of the molecule is [N-]=[N+]1c2cccc3c2-c2c(cccc21)C3. The predicted molar refractivity (Wildman–Crippen MR) is 59.5 cm³/mol. The first kappa shape index (κ1) is 7.35. The Balaban J connectivity index is 2.28. The van der Waals surface area contributed by atoms with E-state index in [-0.39, 0.29) is 0 Å². The van der Waals surface area contributed by atoms with Gasteiger partial charge in [-0.1, -0.05) is 24.3 Å². The van der Waals surface area contributed by atoms with Crippen molar-refractivity contribution in [3.63, 3.8) is 0 Å². The van der Waals surface area contributed by atoms with Gasteiger partial charge in [0, 0.05) is 12.1 Å². The van der Waals surface area contributed by atoms with Gasteiger partial charge >= 0.3 is 0 Å². The van der Waals surface area contributed by atoms with Crippen molar-refractivity contribution in [1.82, 2.24) is 4.70 Å². The molecule has 4 rings (SSSR count). The van der Waals surface area contributed by atoms with Gasteiger partial charge in [-0.2, -0.15) is 0 Å². The predicted octanol–water partition coefficient (Wildman–Crippen LogP) is 3.43. The molecule has 2 aromatic carbocycles. The molecule has 1 heterocycles. The van der Waals surface area contributed by atoms with E-state index in [1.807, 2.05) is 24.3 Å². The first-order chi connectivity index (χ1) is 7.36. The summed E-state index contributed by atoms with van der Waals surface area (Å²) >= 11 is 0. The molecule has 2 aliphatic rings. The van der Waals surface area contributed by atoms with E-state index in [0.29, 0.717) is 0 Å². The van der Waals surface area contributed by atoms with Gasteiger partial charge in [-0.3, -0.25) is 0 Å². The average Bonchev–Trinajstić information content (AvgIpc) is 2.77. The van der Waals surface area contributed by atoms with Gasteiger partial charge in [0.2, 0.25) is 11.4 Å². The molecule has 0 amide bonds. The Morgan fingerprint density at radius 3 is 1.93 bits per heavy atom. The summed E-state index contributed by atoms with van der Waals surface area (Å²) in [5, 5.41) is 0. The Morgan fingerprint density at radius 1 is 0.867 bits per heavy atom. The highest BCUT2D eigenvalue weighted by atomic mass is 15.2. The van der Waals surface area contributed by atoms with Gasteiger partial charge in [-0.25, -0.2) is 4.70 Å². The maximum absolute atomic E-state index is 10.0. The molecule has 0 bridgehead atoms. The Kier molecular flexibility index (Phi) is 1.06. The summed E-state index contributed by atoms with van der Waals surface area (Å²) in [5.41, 5.74) is 17.0. The van der Waals surface area contributed by atoms with Crippen LogP contribution in [0.25, 0.3) is 16.7 Å². The van der Waals surface area contributed by atoms with Crippen LogP contribution in [0.4, 0.5) is 11.4 Å². The smallest absolute Gasteiger partial charge is 0.208 e. The van der Waals surface area contributed by atoms with Crippen molar-refractivity contribution >= 4 is 11.4 Å². The number of hydrogen-bond donors (Lipinski definition) is 0. The highest BCUT2D eigenvalue weighted by molar-refractivity contribution is 5.98. The van der Waals surface area contributed by atoms with Crippen LogP contribution < -0.4 is 4.70 Å². The molecule has 70 valence electrons. The highest BCUT2D eigenvalue weighted by Crippen LogP contribution is 2.52. The third kappa shape index (κ3) is 0.687. The molecule has 0 unspecified atom stereocenters. The largest absolute Gasteiger partial charge is 0.493 e. The van der Waals surface area contributed by atoms with Gasteiger partial charge in [0.15, 0.2) is 0 Å². The Hall–Kier alpha value is -1.96. The van der Waals surface area contributed by atoms with Gasteiger partial charge in [0.1, 0.15) is 0 Å². The molecular formula is C13H8N2. The minimum Gasteiger partial charge on any atom is -0.493 e. The fourth-order valence-electron chi connectivity index (χ4n) is 2.73. The zero-order valence-corrected chi connectivity index (χ0v) is 8.07. The van der Waals surface area contributed by atoms with Crippen LogP contribution in [0.1, 0.15) is 11.1 Å². The molecule has 0 fully saturated rings. The summed E-state index contributed by atoms with van der Waals surface area (Å²) in [6, 6.07) is 12.2. The zero-order valence-electron chi connectivity index (χ0n) is 8.07. The van der Waals surface area contributed by atoms with E-state index >= 15 is 0 Å². The number of hydrogen-bond acceptors (Lipinski definition) is 0. The molecule has 2 nitrogen and oxygen atoms in total. The van der Waals surface area contributed by atoms with Crippen molar-refractivity contribution in [2.75, 3.05) is 0 Å². The van der Waals surface area contributed by atoms with Gasteiger partial charge < -0.3 is 5.53 Å². The van der Waals surface area contributed by atoms with Crippen molar-refractivity contribution in [2.45, 2.75) is 6.42 Å². The monoisotopic (exact) mass is 192 g/mol. The van der Waals surface area contributed by atoms with E-state index in [2.05, 4.69) is 12.1 Å². The quantitative estimate of drug-likeness (QED) is 0.381. The van der Waals surface area contributed by atoms with Crippen LogP contribution >= 0.6 is 0 Å². The molecule has 1 aliphatic carbocycles. The lowest BCUT2D eigenvalue weighted by molar-refractivity contribution is 1.07. The molecule has 0 N–H and O–H groups in total. The normalized spacial score (nSPS) is 14.5. The summed E-state index contributed by atoms with van der Waals surface area (Å²) in [4.78, 5) is 0. The van der Waals surface area contributed by atoms with Crippen molar-refractivity contribution < 1.29 is 0 Å². The lowest BCUT2D eigenvalue weighted by Crippen LogP contribution is -1.94. The summed E-state index contributed by atoms with van der Waals surface area (Å²) in [6.07, 6.45) is 1.00. The third-order valence-electron chi connectivity index (χ3n) is 3.34. The fraction of sp³-hybridized carbons (Fsp3) is 0.0769. The molecular weight excluding hydrogens is 184 g/mol. The van der Waals surface area contributed by atoms with Gasteiger partial charge in [-0.15, -0.1) is 0 Å². The van der Waals surface area contributed by atoms with Crippen molar-refractivity contribution in [1.29, 1.82) is 0 Å². The Morgan fingerprint density at radius 2 is 1.40 bits per heavy atom. The summed E-state index contributed by atoms with van der Waals surface area (Å²) in [6.45, 7) is 0. The van der Waals surface area contributed by atoms with E-state index in [1.54, 1.807) is 0 Å². The summed E-state index contributed by atoms with van der Waals surface area (Å²) < 4.78 is 1.30. The molecule has 0 aromatic heterocycles. The topological polar surface area (TPSA) is 25.3 Å². The molecule has 2 heteroatoms. The number of rotatable bonds is 0. The molecule has 2 aromatic rings. The molecule has 0 spiro atoms. The second kappa shape index (κ2) is 2.16. The standard InChI is InChI=1S/C13H8N2/c14-15-10-5-1-3-8-7-9-4-2-6-11(15)13(9)12(8)10/h1-6H,7H2. The van der Waals surface area contributed by atoms with Crippen molar-refractivity contribution in [3.05, 3.63) is 53.1 Å². The third-order valence-corrected chi connectivity index (χ3v) is 3.34. The van der Waals surface area contributed by atoms with E-state index in [0.717, 1.165) is 17.8 Å². The molecule has 0 saturated carbocycles. The van der Waals surface area contributed by atoms with E-state index in [4.69, 9.17) is 0 Å². The van der Waals surface area contributed by atoms with Crippen LogP contribution in [0.3, 0.4) is 0 Å². The Bertz CT molecular complexity index is 573. The van der Waals surface area contributed by atoms with Crippen LogP contribution in [-0.2, 0) is 6.42 Å². The van der Waals surface area contributed by atoms with Crippen LogP contribution in [-0.4, -0.2) is 0 Å². The zero-order chi connectivity index (χ0) is 9.99. The van der Waals surface area contributed by atoms with Crippen molar-refractivity contribution in [3.8, 4) is 11.1 Å². The van der Waals surface area contributed by atoms with E-state index in [9.17, 15) is 5.53 Å². The maximum atomic E-state index is 10.0.